The van der Waals surface area contributed by atoms with Crippen molar-refractivity contribution in [2.24, 2.45) is 0 Å². The lowest BCUT2D eigenvalue weighted by atomic mass is 10.0. The molecule has 0 N–H and O–H groups in total. The van der Waals surface area contributed by atoms with Gasteiger partial charge in [0.05, 0.1) is 0 Å². The molecule has 0 aromatic heterocycles. The van der Waals surface area contributed by atoms with Gasteiger partial charge in [0.2, 0.25) is 0 Å². The zero-order chi connectivity index (χ0) is 12.3. The van der Waals surface area contributed by atoms with Crippen LogP contribution in [-0.2, 0) is 0 Å². The van der Waals surface area contributed by atoms with Crippen LogP contribution in [0.15, 0.2) is 57.9 Å². The molecule has 0 amide bonds. The number of benzene rings is 2. The Morgan fingerprint density at radius 3 is 2.41 bits per heavy atom. The molecule has 0 aliphatic carbocycles. The van der Waals surface area contributed by atoms with Gasteiger partial charge in [-0.3, -0.25) is 4.79 Å². The topological polar surface area (TPSA) is 17.1 Å². The maximum atomic E-state index is 12.2. The smallest absolute Gasteiger partial charge is 0.193 e. The normalized spacial score (nSPS) is 10.2. The van der Waals surface area contributed by atoms with Gasteiger partial charge in [-0.05, 0) is 42.7 Å². The Morgan fingerprint density at radius 2 is 1.76 bits per heavy atom. The van der Waals surface area contributed by atoms with Gasteiger partial charge < -0.3 is 0 Å². The fourth-order valence-corrected chi connectivity index (χ4v) is 2.26. The molecule has 0 fully saturated rings. The van der Waals surface area contributed by atoms with E-state index >= 15 is 0 Å². The molecule has 2 rings (SSSR count). The van der Waals surface area contributed by atoms with E-state index in [1.54, 1.807) is 11.8 Å². The minimum atomic E-state index is 0.0633. The monoisotopic (exact) mass is 306 g/mol. The van der Waals surface area contributed by atoms with Crippen LogP contribution in [0.25, 0.3) is 0 Å². The number of carbonyl (C=O) groups excluding carboxylic acids is 1. The van der Waals surface area contributed by atoms with Gasteiger partial charge in [-0.25, -0.2) is 0 Å². The highest BCUT2D eigenvalue weighted by Gasteiger charge is 2.08. The van der Waals surface area contributed by atoms with Crippen LogP contribution in [0.5, 0.6) is 0 Å². The summed E-state index contributed by atoms with van der Waals surface area (Å²) >= 11 is 5.00. The van der Waals surface area contributed by atoms with E-state index in [2.05, 4.69) is 15.9 Å². The SMILES string of the molecule is CSc1cccc(C(=O)c2ccc(Br)cc2)c1. The summed E-state index contributed by atoms with van der Waals surface area (Å²) in [6.07, 6.45) is 2.00. The maximum absolute atomic E-state index is 12.2. The molecule has 86 valence electrons. The lowest BCUT2D eigenvalue weighted by Gasteiger charge is -2.03. The van der Waals surface area contributed by atoms with E-state index in [1.165, 1.54) is 0 Å². The molecule has 17 heavy (non-hydrogen) atoms. The molecule has 0 saturated carbocycles. The Bertz CT molecular complexity index is 534. The van der Waals surface area contributed by atoms with E-state index in [1.807, 2.05) is 54.8 Å². The molecule has 0 spiro atoms. The van der Waals surface area contributed by atoms with E-state index in [0.29, 0.717) is 5.56 Å². The van der Waals surface area contributed by atoms with E-state index in [-0.39, 0.29) is 5.78 Å². The third-order valence-corrected chi connectivity index (χ3v) is 3.69. The first-order valence-electron chi connectivity index (χ1n) is 5.15. The van der Waals surface area contributed by atoms with Crippen LogP contribution in [0.4, 0.5) is 0 Å². The van der Waals surface area contributed by atoms with E-state index in [0.717, 1.165) is 14.9 Å². The molecular formula is C14H11BrOS. The van der Waals surface area contributed by atoms with Gasteiger partial charge in [0, 0.05) is 20.5 Å². The lowest BCUT2D eigenvalue weighted by molar-refractivity contribution is 0.103. The summed E-state index contributed by atoms with van der Waals surface area (Å²) in [4.78, 5) is 13.3. The molecule has 2 aromatic rings. The van der Waals surface area contributed by atoms with Crippen LogP contribution >= 0.6 is 27.7 Å². The Kier molecular flexibility index (Phi) is 4.02. The summed E-state index contributed by atoms with van der Waals surface area (Å²) in [7, 11) is 0. The average molecular weight is 307 g/mol. The van der Waals surface area contributed by atoms with Gasteiger partial charge in [0.25, 0.3) is 0 Å². The summed E-state index contributed by atoms with van der Waals surface area (Å²) < 4.78 is 0.979. The summed E-state index contributed by atoms with van der Waals surface area (Å²) in [5.41, 5.74) is 1.45. The van der Waals surface area contributed by atoms with Crippen molar-refractivity contribution in [1.29, 1.82) is 0 Å². The number of hydrogen-bond acceptors (Lipinski definition) is 2. The van der Waals surface area contributed by atoms with Crippen LogP contribution in [0.1, 0.15) is 15.9 Å². The summed E-state index contributed by atoms with van der Waals surface area (Å²) in [5.74, 6) is 0.0633. The minimum Gasteiger partial charge on any atom is -0.289 e. The Balaban J connectivity index is 2.33. The summed E-state index contributed by atoms with van der Waals surface area (Å²) in [5, 5.41) is 0. The molecule has 0 bridgehead atoms. The number of halogens is 1. The van der Waals surface area contributed by atoms with Gasteiger partial charge >= 0.3 is 0 Å². The molecule has 0 atom stereocenters. The quantitative estimate of drug-likeness (QED) is 0.617. The predicted molar refractivity (Wildman–Crippen MR) is 75.8 cm³/mol. The Morgan fingerprint density at radius 1 is 1.06 bits per heavy atom. The fourth-order valence-electron chi connectivity index (χ4n) is 1.53. The first kappa shape index (κ1) is 12.4. The lowest BCUT2D eigenvalue weighted by Crippen LogP contribution is -2.00. The highest BCUT2D eigenvalue weighted by Crippen LogP contribution is 2.19. The minimum absolute atomic E-state index is 0.0633. The Hall–Kier alpha value is -1.06. The van der Waals surface area contributed by atoms with Crippen molar-refractivity contribution in [2.75, 3.05) is 6.26 Å². The highest BCUT2D eigenvalue weighted by atomic mass is 79.9. The fraction of sp³-hybridized carbons (Fsp3) is 0.0714. The second kappa shape index (κ2) is 5.52. The number of ketones is 1. The first-order chi connectivity index (χ1) is 8.20. The van der Waals surface area contributed by atoms with Crippen LogP contribution in [0.3, 0.4) is 0 Å². The van der Waals surface area contributed by atoms with Crippen molar-refractivity contribution in [2.45, 2.75) is 4.90 Å². The van der Waals surface area contributed by atoms with Gasteiger partial charge in [0.15, 0.2) is 5.78 Å². The molecular weight excluding hydrogens is 296 g/mol. The van der Waals surface area contributed by atoms with Gasteiger partial charge in [-0.1, -0.05) is 28.1 Å². The van der Waals surface area contributed by atoms with Crippen molar-refractivity contribution >= 4 is 33.5 Å². The van der Waals surface area contributed by atoms with Crippen LogP contribution < -0.4 is 0 Å². The van der Waals surface area contributed by atoms with Crippen molar-refractivity contribution in [3.63, 3.8) is 0 Å². The zero-order valence-corrected chi connectivity index (χ0v) is 11.7. The molecule has 0 radical (unpaired) electrons. The van der Waals surface area contributed by atoms with Crippen LogP contribution in [-0.4, -0.2) is 12.0 Å². The number of carbonyl (C=O) groups is 1. The van der Waals surface area contributed by atoms with E-state index in [9.17, 15) is 4.79 Å². The maximum Gasteiger partial charge on any atom is 0.193 e. The molecule has 0 saturated heterocycles. The highest BCUT2D eigenvalue weighted by molar-refractivity contribution is 9.10. The number of rotatable bonds is 3. The molecule has 0 aliphatic heterocycles. The average Bonchev–Trinajstić information content (AvgIpc) is 2.39. The molecule has 0 heterocycles. The third kappa shape index (κ3) is 2.99. The van der Waals surface area contributed by atoms with Gasteiger partial charge in [0.1, 0.15) is 0 Å². The number of thioether (sulfide) groups is 1. The third-order valence-electron chi connectivity index (χ3n) is 2.44. The molecule has 0 aliphatic rings. The standard InChI is InChI=1S/C14H11BrOS/c1-17-13-4-2-3-11(9-13)14(16)10-5-7-12(15)8-6-10/h2-9H,1H3. The summed E-state index contributed by atoms with van der Waals surface area (Å²) in [6.45, 7) is 0. The molecule has 1 nitrogen and oxygen atoms in total. The Labute approximate surface area is 113 Å². The largest absolute Gasteiger partial charge is 0.289 e. The van der Waals surface area contributed by atoms with Gasteiger partial charge in [-0.15, -0.1) is 11.8 Å². The second-order valence-electron chi connectivity index (χ2n) is 3.57. The van der Waals surface area contributed by atoms with E-state index < -0.39 is 0 Å². The van der Waals surface area contributed by atoms with Crippen molar-refractivity contribution in [1.82, 2.24) is 0 Å². The molecule has 2 aromatic carbocycles. The van der Waals surface area contributed by atoms with Gasteiger partial charge in [-0.2, -0.15) is 0 Å². The van der Waals surface area contributed by atoms with Crippen LogP contribution in [0, 0.1) is 0 Å². The molecule has 0 unspecified atom stereocenters. The van der Waals surface area contributed by atoms with Crippen LogP contribution in [0.2, 0.25) is 0 Å². The predicted octanol–water partition coefficient (Wildman–Crippen LogP) is 4.40. The zero-order valence-electron chi connectivity index (χ0n) is 9.31. The first-order valence-corrected chi connectivity index (χ1v) is 7.17. The van der Waals surface area contributed by atoms with Crippen molar-refractivity contribution < 1.29 is 4.79 Å². The van der Waals surface area contributed by atoms with E-state index in [4.69, 9.17) is 0 Å². The van der Waals surface area contributed by atoms with Crippen molar-refractivity contribution in [3.8, 4) is 0 Å². The number of hydrogen-bond donors (Lipinski definition) is 0. The summed E-state index contributed by atoms with van der Waals surface area (Å²) in [6, 6.07) is 15.1. The molecule has 3 heteroatoms. The van der Waals surface area contributed by atoms with Crippen molar-refractivity contribution in [3.05, 3.63) is 64.1 Å². The second-order valence-corrected chi connectivity index (χ2v) is 5.36.